The number of H-pyrrole nitrogens is 1. The van der Waals surface area contributed by atoms with Crippen LogP contribution < -0.4 is 9.47 Å². The summed E-state index contributed by atoms with van der Waals surface area (Å²) in [5, 5.41) is 27.2. The third-order valence-corrected chi connectivity index (χ3v) is 7.59. The van der Waals surface area contributed by atoms with E-state index in [1.165, 1.54) is 6.07 Å². The standard InChI is InChI=1S/C28H34FN7O3/c1-16(2)38-27-18-7-8-23-20-12-19(22(29)13-24(20)32-31-23)21-14-30-34(4)28(21)39-17(3)25-6-5-9-35(25)15-26(18)36(33-27)10-11-37/h7-8,12-14,16-17,25,37H,5-6,9-11,15H2,1-4H3,(H,31,32)/b8-7+/t17-,25-/m1/s1. The van der Waals surface area contributed by atoms with Gasteiger partial charge in [-0.1, -0.05) is 0 Å². The van der Waals surface area contributed by atoms with Gasteiger partial charge >= 0.3 is 0 Å². The maximum atomic E-state index is 15.4. The van der Waals surface area contributed by atoms with E-state index >= 15 is 4.39 Å². The second kappa shape index (κ2) is 10.1. The molecule has 1 saturated heterocycles. The van der Waals surface area contributed by atoms with Crippen LogP contribution in [-0.2, 0) is 20.1 Å². The highest BCUT2D eigenvalue weighted by Crippen LogP contribution is 2.37. The molecule has 11 heteroatoms. The van der Waals surface area contributed by atoms with E-state index in [0.29, 0.717) is 47.2 Å². The highest BCUT2D eigenvalue weighted by Gasteiger charge is 2.34. The fourth-order valence-corrected chi connectivity index (χ4v) is 5.74. The fourth-order valence-electron chi connectivity index (χ4n) is 5.74. The summed E-state index contributed by atoms with van der Waals surface area (Å²) in [4.78, 5) is 2.40. The Balaban J connectivity index is 1.57. The summed E-state index contributed by atoms with van der Waals surface area (Å²) >= 11 is 0. The number of halogens is 1. The Labute approximate surface area is 226 Å². The van der Waals surface area contributed by atoms with E-state index in [0.717, 1.165) is 36.0 Å². The van der Waals surface area contributed by atoms with E-state index in [1.807, 2.05) is 37.7 Å². The van der Waals surface area contributed by atoms with Gasteiger partial charge < -0.3 is 14.6 Å². The van der Waals surface area contributed by atoms with Crippen molar-refractivity contribution in [1.82, 2.24) is 34.7 Å². The molecule has 2 bridgehead atoms. The van der Waals surface area contributed by atoms with Crippen LogP contribution >= 0.6 is 0 Å². The lowest BCUT2D eigenvalue weighted by molar-refractivity contribution is 0.0920. The van der Waals surface area contributed by atoms with Gasteiger partial charge in [0.2, 0.25) is 11.8 Å². The molecule has 5 heterocycles. The number of rotatable bonds is 4. The van der Waals surface area contributed by atoms with Gasteiger partial charge in [-0.15, -0.1) is 5.10 Å². The Morgan fingerprint density at radius 3 is 2.90 bits per heavy atom. The van der Waals surface area contributed by atoms with Gasteiger partial charge in [0.05, 0.1) is 53.5 Å². The minimum atomic E-state index is -0.376. The smallest absolute Gasteiger partial charge is 0.240 e. The predicted molar refractivity (Wildman–Crippen MR) is 146 cm³/mol. The van der Waals surface area contributed by atoms with Crippen molar-refractivity contribution in [3.05, 3.63) is 41.1 Å². The first-order chi connectivity index (χ1) is 18.8. The third-order valence-electron chi connectivity index (χ3n) is 7.59. The van der Waals surface area contributed by atoms with Crippen LogP contribution in [0.1, 0.15) is 50.6 Å². The maximum Gasteiger partial charge on any atom is 0.240 e. The predicted octanol–water partition coefficient (Wildman–Crippen LogP) is 3.99. The van der Waals surface area contributed by atoms with Gasteiger partial charge in [0.15, 0.2) is 0 Å². The lowest BCUT2D eigenvalue weighted by Gasteiger charge is -2.30. The molecule has 2 aliphatic heterocycles. The van der Waals surface area contributed by atoms with Crippen molar-refractivity contribution in [2.45, 2.75) is 65.0 Å². The quantitative estimate of drug-likeness (QED) is 0.407. The van der Waals surface area contributed by atoms with Crippen LogP contribution in [0.3, 0.4) is 0 Å². The van der Waals surface area contributed by atoms with Crippen LogP contribution in [0.5, 0.6) is 11.8 Å². The minimum Gasteiger partial charge on any atom is -0.473 e. The van der Waals surface area contributed by atoms with Crippen molar-refractivity contribution in [3.8, 4) is 22.9 Å². The zero-order valence-electron chi connectivity index (χ0n) is 22.7. The molecular weight excluding hydrogens is 501 g/mol. The summed E-state index contributed by atoms with van der Waals surface area (Å²) in [6, 6.07) is 3.39. The molecule has 4 aromatic rings. The van der Waals surface area contributed by atoms with Gasteiger partial charge in [-0.3, -0.25) is 14.7 Å². The van der Waals surface area contributed by atoms with Crippen LogP contribution in [0.2, 0.25) is 0 Å². The van der Waals surface area contributed by atoms with E-state index in [-0.39, 0.29) is 30.7 Å². The molecule has 3 aromatic heterocycles. The van der Waals surface area contributed by atoms with Gasteiger partial charge in [0.1, 0.15) is 11.9 Å². The zero-order valence-corrected chi connectivity index (χ0v) is 22.7. The minimum absolute atomic E-state index is 0.0382. The van der Waals surface area contributed by atoms with Gasteiger partial charge in [0.25, 0.3) is 0 Å². The lowest BCUT2D eigenvalue weighted by Crippen LogP contribution is -2.41. The largest absolute Gasteiger partial charge is 0.473 e. The number of aromatic nitrogens is 6. The van der Waals surface area contributed by atoms with Crippen molar-refractivity contribution >= 4 is 23.1 Å². The number of benzene rings is 1. The van der Waals surface area contributed by atoms with E-state index in [4.69, 9.17) is 14.6 Å². The SMILES string of the molecule is CC(C)Oc1nn(CCO)c2c1/C=C/c1n[nH]c3cc(F)c(cc13)-c1cnn(C)c1O[C@H](C)[C@H]1CCCN1C2. The van der Waals surface area contributed by atoms with E-state index in [9.17, 15) is 5.11 Å². The summed E-state index contributed by atoms with van der Waals surface area (Å²) in [7, 11) is 1.81. The highest BCUT2D eigenvalue weighted by atomic mass is 19.1. The van der Waals surface area contributed by atoms with Crippen molar-refractivity contribution in [2.75, 3.05) is 13.2 Å². The molecule has 10 nitrogen and oxygen atoms in total. The van der Waals surface area contributed by atoms with Gasteiger partial charge in [0, 0.05) is 36.7 Å². The second-order valence-electron chi connectivity index (χ2n) is 10.6. The average molecular weight is 536 g/mol. The summed E-state index contributed by atoms with van der Waals surface area (Å²) in [5.41, 5.74) is 4.07. The molecule has 206 valence electrons. The number of hydrogen-bond donors (Lipinski definition) is 2. The Bertz CT molecular complexity index is 1540. The topological polar surface area (TPSA) is 106 Å². The first kappa shape index (κ1) is 25.6. The average Bonchev–Trinajstić information content (AvgIpc) is 3.66. The van der Waals surface area contributed by atoms with Crippen LogP contribution in [0, 0.1) is 5.82 Å². The van der Waals surface area contributed by atoms with E-state index in [1.54, 1.807) is 16.9 Å². The molecule has 2 aliphatic rings. The van der Waals surface area contributed by atoms with Crippen molar-refractivity contribution in [3.63, 3.8) is 0 Å². The van der Waals surface area contributed by atoms with E-state index < -0.39 is 0 Å². The molecule has 39 heavy (non-hydrogen) atoms. The number of nitrogens with zero attached hydrogens (tertiary/aromatic N) is 6. The third kappa shape index (κ3) is 4.59. The number of aromatic amines is 1. The molecule has 1 aromatic carbocycles. The first-order valence-electron chi connectivity index (χ1n) is 13.5. The van der Waals surface area contributed by atoms with E-state index in [2.05, 4.69) is 27.1 Å². The number of aliphatic hydroxyl groups is 1. The molecule has 0 radical (unpaired) electrons. The molecule has 6 rings (SSSR count). The summed E-state index contributed by atoms with van der Waals surface area (Å²) in [6.07, 6.45) is 7.28. The molecule has 0 saturated carbocycles. The highest BCUT2D eigenvalue weighted by molar-refractivity contribution is 5.93. The normalized spacial score (nSPS) is 20.4. The van der Waals surface area contributed by atoms with Gasteiger partial charge in [-0.2, -0.15) is 10.2 Å². The molecule has 0 spiro atoms. The van der Waals surface area contributed by atoms with Crippen molar-refractivity contribution in [1.29, 1.82) is 0 Å². The molecular formula is C28H34FN7O3. The summed E-state index contributed by atoms with van der Waals surface area (Å²) < 4.78 is 31.6. The van der Waals surface area contributed by atoms with Crippen LogP contribution in [0.25, 0.3) is 34.2 Å². The summed E-state index contributed by atoms with van der Waals surface area (Å²) in [5.74, 6) is 0.667. The first-order valence-corrected chi connectivity index (χ1v) is 13.5. The second-order valence-corrected chi connectivity index (χ2v) is 10.6. The molecule has 1 fully saturated rings. The lowest BCUT2D eigenvalue weighted by atomic mass is 10.0. The van der Waals surface area contributed by atoms with Crippen LogP contribution in [0.15, 0.2) is 18.3 Å². The number of ether oxygens (including phenoxy) is 2. The number of nitrogens with one attached hydrogen (secondary N) is 1. The Hall–Kier alpha value is -3.70. The van der Waals surface area contributed by atoms with Crippen LogP contribution in [0.4, 0.5) is 4.39 Å². The number of aryl methyl sites for hydroxylation is 1. The summed E-state index contributed by atoms with van der Waals surface area (Å²) in [6.45, 7) is 7.83. The number of aliphatic hydroxyl groups excluding tert-OH is 1. The van der Waals surface area contributed by atoms with Crippen molar-refractivity contribution < 1.29 is 19.0 Å². The van der Waals surface area contributed by atoms with Crippen molar-refractivity contribution in [2.24, 2.45) is 7.05 Å². The molecule has 0 amide bonds. The zero-order chi connectivity index (χ0) is 27.3. The molecule has 2 N–H and O–H groups in total. The number of fused-ring (bicyclic) bond motifs is 5. The number of hydrogen-bond acceptors (Lipinski definition) is 7. The molecule has 2 atom stereocenters. The monoisotopic (exact) mass is 535 g/mol. The van der Waals surface area contributed by atoms with Crippen LogP contribution in [-0.4, -0.2) is 71.2 Å². The molecule has 0 unspecified atom stereocenters. The Morgan fingerprint density at radius 1 is 1.26 bits per heavy atom. The fraction of sp³-hybridized carbons (Fsp3) is 0.464. The maximum absolute atomic E-state index is 15.4. The Kier molecular flexibility index (Phi) is 6.64. The Morgan fingerprint density at radius 2 is 2.10 bits per heavy atom. The van der Waals surface area contributed by atoms with Gasteiger partial charge in [-0.05, 0) is 58.4 Å². The van der Waals surface area contributed by atoms with Gasteiger partial charge in [-0.25, -0.2) is 9.07 Å². The molecule has 0 aliphatic carbocycles.